The number of anilines is 1. The summed E-state index contributed by atoms with van der Waals surface area (Å²) in [5, 5.41) is 5.05. The van der Waals surface area contributed by atoms with Crippen LogP contribution in [-0.4, -0.2) is 25.0 Å². The predicted octanol–water partition coefficient (Wildman–Crippen LogP) is 1.60. The second kappa shape index (κ2) is 7.92. The maximum Gasteiger partial charge on any atom is 0.313 e. The molecule has 0 unspecified atom stereocenters. The van der Waals surface area contributed by atoms with Crippen molar-refractivity contribution in [1.29, 1.82) is 0 Å². The fourth-order valence-corrected chi connectivity index (χ4v) is 1.43. The van der Waals surface area contributed by atoms with Crippen LogP contribution in [0.1, 0.15) is 12.0 Å². The number of carbonyl (C=O) groups is 2. The van der Waals surface area contributed by atoms with Crippen molar-refractivity contribution < 1.29 is 14.3 Å². The van der Waals surface area contributed by atoms with Gasteiger partial charge in [0.15, 0.2) is 0 Å². The van der Waals surface area contributed by atoms with E-state index in [4.69, 9.17) is 4.74 Å². The Morgan fingerprint density at radius 3 is 2.84 bits per heavy atom. The third-order valence-corrected chi connectivity index (χ3v) is 2.32. The monoisotopic (exact) mass is 262 g/mol. The molecule has 1 aromatic carbocycles. The van der Waals surface area contributed by atoms with Crippen molar-refractivity contribution in [2.75, 3.05) is 18.5 Å². The van der Waals surface area contributed by atoms with Gasteiger partial charge in [-0.1, -0.05) is 18.7 Å². The summed E-state index contributed by atoms with van der Waals surface area (Å²) in [6, 6.07) is 7.25. The van der Waals surface area contributed by atoms with Gasteiger partial charge in [-0.3, -0.25) is 9.59 Å². The quantitative estimate of drug-likeness (QED) is 0.465. The van der Waals surface area contributed by atoms with Crippen LogP contribution in [0.15, 0.2) is 37.1 Å². The van der Waals surface area contributed by atoms with Crippen LogP contribution in [0.3, 0.4) is 0 Å². The van der Waals surface area contributed by atoms with Gasteiger partial charge >= 0.3 is 11.8 Å². The second-order valence-electron chi connectivity index (χ2n) is 3.97. The molecule has 0 saturated heterocycles. The number of ether oxygens (including phenoxy) is 1. The summed E-state index contributed by atoms with van der Waals surface area (Å²) in [7, 11) is 0. The molecule has 2 N–H and O–H groups in total. The van der Waals surface area contributed by atoms with Crippen LogP contribution in [0.25, 0.3) is 0 Å². The van der Waals surface area contributed by atoms with Gasteiger partial charge in [-0.25, -0.2) is 0 Å². The fourth-order valence-electron chi connectivity index (χ4n) is 1.43. The van der Waals surface area contributed by atoms with E-state index in [0.29, 0.717) is 25.3 Å². The molecular formula is C14H18N2O3. The van der Waals surface area contributed by atoms with Crippen LogP contribution < -0.4 is 10.6 Å². The number of hydrogen-bond acceptors (Lipinski definition) is 3. The number of benzene rings is 1. The Labute approximate surface area is 112 Å². The highest BCUT2D eigenvalue weighted by molar-refractivity contribution is 6.39. The van der Waals surface area contributed by atoms with E-state index in [1.807, 2.05) is 19.1 Å². The molecule has 0 spiro atoms. The molecule has 2 amide bonds. The molecule has 0 aliphatic carbocycles. The van der Waals surface area contributed by atoms with E-state index in [1.165, 1.54) is 6.26 Å². The summed E-state index contributed by atoms with van der Waals surface area (Å²) in [4.78, 5) is 23.1. The van der Waals surface area contributed by atoms with Gasteiger partial charge in [-0.05, 0) is 31.0 Å². The molecule has 5 heteroatoms. The van der Waals surface area contributed by atoms with Crippen LogP contribution in [-0.2, 0) is 14.3 Å². The largest absolute Gasteiger partial charge is 0.502 e. The van der Waals surface area contributed by atoms with Crippen LogP contribution in [0.4, 0.5) is 5.69 Å². The third-order valence-electron chi connectivity index (χ3n) is 2.32. The van der Waals surface area contributed by atoms with Crippen molar-refractivity contribution in [2.24, 2.45) is 0 Å². The topological polar surface area (TPSA) is 67.4 Å². The molecule has 1 aromatic rings. The lowest BCUT2D eigenvalue weighted by atomic mass is 10.2. The molecule has 0 aliphatic heterocycles. The van der Waals surface area contributed by atoms with Crippen LogP contribution in [0.5, 0.6) is 0 Å². The lowest BCUT2D eigenvalue weighted by molar-refractivity contribution is -0.136. The molecule has 1 rings (SSSR count). The zero-order chi connectivity index (χ0) is 14.1. The van der Waals surface area contributed by atoms with Gasteiger partial charge in [0.1, 0.15) is 0 Å². The summed E-state index contributed by atoms with van der Waals surface area (Å²) in [6.45, 7) is 6.16. The minimum absolute atomic E-state index is 0.383. The Balaban J connectivity index is 2.32. The summed E-state index contributed by atoms with van der Waals surface area (Å²) >= 11 is 0. The van der Waals surface area contributed by atoms with E-state index in [9.17, 15) is 9.59 Å². The molecule has 5 nitrogen and oxygen atoms in total. The molecule has 0 heterocycles. The normalized spacial score (nSPS) is 9.53. The van der Waals surface area contributed by atoms with Crippen LogP contribution >= 0.6 is 0 Å². The molecule has 0 aromatic heterocycles. The van der Waals surface area contributed by atoms with Gasteiger partial charge in [0.25, 0.3) is 0 Å². The van der Waals surface area contributed by atoms with Gasteiger partial charge in [0.05, 0.1) is 12.9 Å². The highest BCUT2D eigenvalue weighted by Crippen LogP contribution is 2.08. The van der Waals surface area contributed by atoms with Crippen molar-refractivity contribution >= 4 is 17.5 Å². The molecule has 0 fully saturated rings. The lowest BCUT2D eigenvalue weighted by Crippen LogP contribution is -2.36. The van der Waals surface area contributed by atoms with E-state index in [-0.39, 0.29) is 0 Å². The van der Waals surface area contributed by atoms with E-state index < -0.39 is 11.8 Å². The number of nitrogens with one attached hydrogen (secondary N) is 2. The van der Waals surface area contributed by atoms with Gasteiger partial charge in [0.2, 0.25) is 0 Å². The Morgan fingerprint density at radius 2 is 2.16 bits per heavy atom. The van der Waals surface area contributed by atoms with Crippen molar-refractivity contribution in [2.45, 2.75) is 13.3 Å². The van der Waals surface area contributed by atoms with Crippen LogP contribution in [0, 0.1) is 6.92 Å². The third kappa shape index (κ3) is 5.72. The first kappa shape index (κ1) is 14.8. The van der Waals surface area contributed by atoms with Gasteiger partial charge in [0, 0.05) is 12.2 Å². The number of aryl methyl sites for hydroxylation is 1. The number of carbonyl (C=O) groups excluding carboxylic acids is 2. The molecular weight excluding hydrogens is 244 g/mol. The lowest BCUT2D eigenvalue weighted by Gasteiger charge is -2.07. The Bertz CT molecular complexity index is 458. The molecule has 19 heavy (non-hydrogen) atoms. The summed E-state index contributed by atoms with van der Waals surface area (Å²) in [6.07, 6.45) is 1.96. The maximum absolute atomic E-state index is 11.6. The SMILES string of the molecule is C=COCCCNC(=O)C(=O)Nc1cccc(C)c1. The smallest absolute Gasteiger partial charge is 0.313 e. The first-order valence-electron chi connectivity index (χ1n) is 6.02. The summed E-state index contributed by atoms with van der Waals surface area (Å²) in [5.41, 5.74) is 1.62. The second-order valence-corrected chi connectivity index (χ2v) is 3.97. The maximum atomic E-state index is 11.6. The van der Waals surface area contributed by atoms with Crippen molar-refractivity contribution in [1.82, 2.24) is 5.32 Å². The minimum Gasteiger partial charge on any atom is -0.502 e. The minimum atomic E-state index is -0.671. The van der Waals surface area contributed by atoms with E-state index in [0.717, 1.165) is 5.56 Å². The number of amides is 2. The van der Waals surface area contributed by atoms with Gasteiger partial charge in [-0.15, -0.1) is 0 Å². The number of rotatable bonds is 6. The summed E-state index contributed by atoms with van der Waals surface area (Å²) in [5.74, 6) is -1.32. The van der Waals surface area contributed by atoms with E-state index in [1.54, 1.807) is 12.1 Å². The fraction of sp³-hybridized carbons (Fsp3) is 0.286. The molecule has 0 saturated carbocycles. The first-order chi connectivity index (χ1) is 9.13. The Hall–Kier alpha value is -2.30. The van der Waals surface area contributed by atoms with Crippen molar-refractivity contribution in [3.63, 3.8) is 0 Å². The number of hydrogen-bond donors (Lipinski definition) is 2. The zero-order valence-electron chi connectivity index (χ0n) is 10.9. The van der Waals surface area contributed by atoms with Crippen molar-refractivity contribution in [3.05, 3.63) is 42.7 Å². The highest BCUT2D eigenvalue weighted by atomic mass is 16.5. The van der Waals surface area contributed by atoms with E-state index in [2.05, 4.69) is 17.2 Å². The van der Waals surface area contributed by atoms with Gasteiger partial charge in [-0.2, -0.15) is 0 Å². The van der Waals surface area contributed by atoms with Crippen molar-refractivity contribution in [3.8, 4) is 0 Å². The zero-order valence-corrected chi connectivity index (χ0v) is 10.9. The average molecular weight is 262 g/mol. The predicted molar refractivity (Wildman–Crippen MR) is 73.6 cm³/mol. The molecule has 0 bridgehead atoms. The Morgan fingerprint density at radius 1 is 1.37 bits per heavy atom. The molecule has 0 radical (unpaired) electrons. The van der Waals surface area contributed by atoms with Crippen LogP contribution in [0.2, 0.25) is 0 Å². The standard InChI is InChI=1S/C14H18N2O3/c1-3-19-9-5-8-15-13(17)14(18)16-12-7-4-6-11(2)10-12/h3-4,6-7,10H,1,5,8-9H2,2H3,(H,15,17)(H,16,18). The average Bonchev–Trinajstić information content (AvgIpc) is 2.38. The molecule has 102 valence electrons. The molecule has 0 atom stereocenters. The Kier molecular flexibility index (Phi) is 6.15. The first-order valence-corrected chi connectivity index (χ1v) is 6.02. The highest BCUT2D eigenvalue weighted by Gasteiger charge is 2.12. The van der Waals surface area contributed by atoms with Gasteiger partial charge < -0.3 is 15.4 Å². The van der Waals surface area contributed by atoms with E-state index >= 15 is 0 Å². The summed E-state index contributed by atoms with van der Waals surface area (Å²) < 4.78 is 4.90. The molecule has 0 aliphatic rings.